The molecule has 2 atom stereocenters. The third kappa shape index (κ3) is 3.31. The highest BCUT2D eigenvalue weighted by Crippen LogP contribution is 2.09. The van der Waals surface area contributed by atoms with Crippen LogP contribution in [0.4, 0.5) is 5.69 Å². The van der Waals surface area contributed by atoms with E-state index in [1.165, 1.54) is 0 Å². The minimum atomic E-state index is -0.0882. The van der Waals surface area contributed by atoms with Gasteiger partial charge in [-0.05, 0) is 26.0 Å². The second-order valence-electron chi connectivity index (χ2n) is 4.88. The van der Waals surface area contributed by atoms with Crippen LogP contribution in [0.25, 0.3) is 0 Å². The maximum atomic E-state index is 12.1. The quantitative estimate of drug-likeness (QED) is 0.846. The molecule has 1 saturated heterocycles. The van der Waals surface area contributed by atoms with Gasteiger partial charge in [0.25, 0.3) is 0 Å². The Kier molecular flexibility index (Phi) is 4.33. The van der Waals surface area contributed by atoms with E-state index in [1.54, 1.807) is 0 Å². The lowest BCUT2D eigenvalue weighted by molar-refractivity contribution is -0.121. The molecule has 0 spiro atoms. The van der Waals surface area contributed by atoms with Crippen LogP contribution in [0.3, 0.4) is 0 Å². The number of nitrogens with one attached hydrogen (secondary N) is 2. The number of hydrogen-bond donors (Lipinski definition) is 2. The van der Waals surface area contributed by atoms with Crippen LogP contribution >= 0.6 is 0 Å². The molecule has 4 nitrogen and oxygen atoms in total. The molecule has 1 aliphatic heterocycles. The Bertz CT molecular complexity index is 393. The zero-order valence-corrected chi connectivity index (χ0v) is 11.0. The van der Waals surface area contributed by atoms with Gasteiger partial charge in [0.1, 0.15) is 0 Å². The summed E-state index contributed by atoms with van der Waals surface area (Å²) in [5.41, 5.74) is 0.859. The first kappa shape index (κ1) is 13.1. The van der Waals surface area contributed by atoms with Crippen LogP contribution in [0.15, 0.2) is 30.3 Å². The van der Waals surface area contributed by atoms with Gasteiger partial charge in [-0.2, -0.15) is 0 Å². The predicted molar refractivity (Wildman–Crippen MR) is 73.6 cm³/mol. The maximum absolute atomic E-state index is 12.1. The number of hydrogen-bond acceptors (Lipinski definition) is 3. The first-order chi connectivity index (χ1) is 8.66. The van der Waals surface area contributed by atoms with Gasteiger partial charge >= 0.3 is 0 Å². The van der Waals surface area contributed by atoms with Crippen molar-refractivity contribution in [2.75, 3.05) is 25.0 Å². The van der Waals surface area contributed by atoms with Crippen LogP contribution in [0.1, 0.15) is 13.8 Å². The smallest absolute Gasteiger partial charge is 0.241 e. The molecule has 1 aromatic rings. The van der Waals surface area contributed by atoms with E-state index in [1.807, 2.05) is 37.3 Å². The minimum Gasteiger partial charge on any atom is -0.325 e. The second kappa shape index (κ2) is 5.98. The van der Waals surface area contributed by atoms with Crippen molar-refractivity contribution in [1.29, 1.82) is 0 Å². The normalized spacial score (nSPS) is 22.4. The minimum absolute atomic E-state index is 0.0651. The van der Waals surface area contributed by atoms with E-state index >= 15 is 0 Å². The van der Waals surface area contributed by atoms with E-state index in [2.05, 4.69) is 22.5 Å². The molecule has 1 aliphatic rings. The highest BCUT2D eigenvalue weighted by atomic mass is 16.2. The molecule has 1 fully saturated rings. The number of para-hydroxylation sites is 1. The molecule has 98 valence electrons. The Balaban J connectivity index is 1.92. The SMILES string of the molecule is CC1CN(C(C)C(=O)Nc2ccccc2)CCN1. The van der Waals surface area contributed by atoms with Crippen molar-refractivity contribution in [1.82, 2.24) is 10.2 Å². The zero-order chi connectivity index (χ0) is 13.0. The van der Waals surface area contributed by atoms with Crippen molar-refractivity contribution >= 4 is 11.6 Å². The summed E-state index contributed by atoms with van der Waals surface area (Å²) in [6.45, 7) is 6.91. The number of nitrogens with zero attached hydrogens (tertiary/aromatic N) is 1. The number of carbonyl (C=O) groups is 1. The molecule has 4 heteroatoms. The van der Waals surface area contributed by atoms with Crippen molar-refractivity contribution in [2.24, 2.45) is 0 Å². The first-order valence-electron chi connectivity index (χ1n) is 6.50. The van der Waals surface area contributed by atoms with Crippen molar-refractivity contribution in [2.45, 2.75) is 25.9 Å². The number of amides is 1. The Hall–Kier alpha value is -1.39. The van der Waals surface area contributed by atoms with E-state index in [-0.39, 0.29) is 11.9 Å². The van der Waals surface area contributed by atoms with E-state index in [0.717, 1.165) is 25.3 Å². The van der Waals surface area contributed by atoms with Crippen LogP contribution in [-0.4, -0.2) is 42.5 Å². The second-order valence-corrected chi connectivity index (χ2v) is 4.88. The van der Waals surface area contributed by atoms with Gasteiger partial charge in [-0.15, -0.1) is 0 Å². The van der Waals surface area contributed by atoms with Crippen molar-refractivity contribution in [3.63, 3.8) is 0 Å². The average Bonchev–Trinajstić information content (AvgIpc) is 2.39. The van der Waals surface area contributed by atoms with Gasteiger partial charge in [0.05, 0.1) is 6.04 Å². The third-order valence-electron chi connectivity index (χ3n) is 3.37. The summed E-state index contributed by atoms with van der Waals surface area (Å²) in [5, 5.41) is 6.33. The fourth-order valence-corrected chi connectivity index (χ4v) is 2.25. The van der Waals surface area contributed by atoms with E-state index < -0.39 is 0 Å². The molecule has 0 aliphatic carbocycles. The van der Waals surface area contributed by atoms with Crippen molar-refractivity contribution < 1.29 is 4.79 Å². The predicted octanol–water partition coefficient (Wildman–Crippen LogP) is 1.31. The highest BCUT2D eigenvalue weighted by molar-refractivity contribution is 5.94. The molecule has 2 unspecified atom stereocenters. The Morgan fingerprint density at radius 2 is 2.17 bits per heavy atom. The van der Waals surface area contributed by atoms with Crippen molar-refractivity contribution in [3.05, 3.63) is 30.3 Å². The summed E-state index contributed by atoms with van der Waals surface area (Å²) in [6.07, 6.45) is 0. The molecule has 2 N–H and O–H groups in total. The summed E-state index contributed by atoms with van der Waals surface area (Å²) < 4.78 is 0. The topological polar surface area (TPSA) is 44.4 Å². The average molecular weight is 247 g/mol. The number of benzene rings is 1. The van der Waals surface area contributed by atoms with E-state index in [9.17, 15) is 4.79 Å². The number of anilines is 1. The molecule has 0 bridgehead atoms. The number of carbonyl (C=O) groups excluding carboxylic acids is 1. The standard InChI is InChI=1S/C14H21N3O/c1-11-10-17(9-8-15-11)12(2)14(18)16-13-6-4-3-5-7-13/h3-7,11-12,15H,8-10H2,1-2H3,(H,16,18). The van der Waals surface area contributed by atoms with Crippen molar-refractivity contribution in [3.8, 4) is 0 Å². The zero-order valence-electron chi connectivity index (χ0n) is 11.0. The lowest BCUT2D eigenvalue weighted by Crippen LogP contribution is -2.54. The van der Waals surface area contributed by atoms with E-state index in [4.69, 9.17) is 0 Å². The largest absolute Gasteiger partial charge is 0.325 e. The lowest BCUT2D eigenvalue weighted by atomic mass is 10.1. The van der Waals surface area contributed by atoms with Gasteiger partial charge in [0.15, 0.2) is 0 Å². The van der Waals surface area contributed by atoms with Crippen LogP contribution in [0.5, 0.6) is 0 Å². The summed E-state index contributed by atoms with van der Waals surface area (Å²) in [5.74, 6) is 0.0651. The van der Waals surface area contributed by atoms with Gasteiger partial charge in [-0.3, -0.25) is 9.69 Å². The van der Waals surface area contributed by atoms with Gasteiger partial charge in [-0.25, -0.2) is 0 Å². The molecule has 2 rings (SSSR count). The van der Waals surface area contributed by atoms with E-state index in [0.29, 0.717) is 6.04 Å². The molecule has 1 aromatic carbocycles. The molecular weight excluding hydrogens is 226 g/mol. The lowest BCUT2D eigenvalue weighted by Gasteiger charge is -2.35. The monoisotopic (exact) mass is 247 g/mol. The van der Waals surface area contributed by atoms with Gasteiger partial charge in [0.2, 0.25) is 5.91 Å². The fraction of sp³-hybridized carbons (Fsp3) is 0.500. The Labute approximate surface area is 108 Å². The molecule has 1 amide bonds. The fourth-order valence-electron chi connectivity index (χ4n) is 2.25. The summed E-state index contributed by atoms with van der Waals surface area (Å²) in [6, 6.07) is 9.97. The third-order valence-corrected chi connectivity index (χ3v) is 3.37. The van der Waals surface area contributed by atoms with Gasteiger partial charge in [0, 0.05) is 31.4 Å². The Morgan fingerprint density at radius 1 is 1.44 bits per heavy atom. The first-order valence-corrected chi connectivity index (χ1v) is 6.50. The summed E-state index contributed by atoms with van der Waals surface area (Å²) >= 11 is 0. The highest BCUT2D eigenvalue weighted by Gasteiger charge is 2.25. The summed E-state index contributed by atoms with van der Waals surface area (Å²) in [4.78, 5) is 14.4. The van der Waals surface area contributed by atoms with Crippen LogP contribution in [0.2, 0.25) is 0 Å². The number of rotatable bonds is 3. The number of piperazine rings is 1. The van der Waals surface area contributed by atoms with Crippen LogP contribution < -0.4 is 10.6 Å². The Morgan fingerprint density at radius 3 is 2.83 bits per heavy atom. The molecule has 0 aromatic heterocycles. The van der Waals surface area contributed by atoms with Gasteiger partial charge in [-0.1, -0.05) is 18.2 Å². The molecule has 1 heterocycles. The molecular formula is C14H21N3O. The molecule has 18 heavy (non-hydrogen) atoms. The van der Waals surface area contributed by atoms with Crippen LogP contribution in [-0.2, 0) is 4.79 Å². The van der Waals surface area contributed by atoms with Crippen LogP contribution in [0, 0.1) is 0 Å². The maximum Gasteiger partial charge on any atom is 0.241 e. The molecule has 0 saturated carbocycles. The summed E-state index contributed by atoms with van der Waals surface area (Å²) in [7, 11) is 0. The molecule has 0 radical (unpaired) electrons. The van der Waals surface area contributed by atoms with Gasteiger partial charge < -0.3 is 10.6 Å².